The maximum atomic E-state index is 13.1. The average Bonchev–Trinajstić information content (AvgIpc) is 3.17. The van der Waals surface area contributed by atoms with Gasteiger partial charge in [-0.05, 0) is 65.9 Å². The normalized spacial score (nSPS) is 15.5. The number of carboxylic acid groups (broad SMARTS) is 2. The second-order valence-corrected chi connectivity index (χ2v) is 14.8. The smallest absolute Gasteiger partial charge is 0.339 e. The number of piperazine rings is 1. The highest BCUT2D eigenvalue weighted by Crippen LogP contribution is 2.25. The summed E-state index contributed by atoms with van der Waals surface area (Å²) < 4.78 is 31.7. The number of hydrogen-bond acceptors (Lipinski definition) is 9. The van der Waals surface area contributed by atoms with Crippen molar-refractivity contribution in [2.24, 2.45) is 5.92 Å². The second-order valence-electron chi connectivity index (χ2n) is 12.8. The van der Waals surface area contributed by atoms with Gasteiger partial charge in [0, 0.05) is 63.3 Å². The van der Waals surface area contributed by atoms with Crippen molar-refractivity contribution in [2.75, 3.05) is 57.0 Å². The molecule has 3 aromatic carbocycles. The van der Waals surface area contributed by atoms with Crippen LogP contribution >= 0.6 is 0 Å². The maximum absolute atomic E-state index is 13.1. The summed E-state index contributed by atoms with van der Waals surface area (Å²) in [4.78, 5) is 54.7. The predicted octanol–water partition coefficient (Wildman–Crippen LogP) is 4.82. The largest absolute Gasteiger partial charge is 0.478 e. The van der Waals surface area contributed by atoms with Gasteiger partial charge in [0.1, 0.15) is 0 Å². The van der Waals surface area contributed by atoms with E-state index in [1.54, 1.807) is 18.5 Å². The molecule has 1 aromatic heterocycles. The molecule has 0 aliphatic carbocycles. The van der Waals surface area contributed by atoms with Crippen molar-refractivity contribution in [3.63, 3.8) is 0 Å². The first kappa shape index (κ1) is 38.6. The zero-order valence-corrected chi connectivity index (χ0v) is 30.4. The van der Waals surface area contributed by atoms with Gasteiger partial charge in [-0.25, -0.2) is 22.8 Å². The predicted molar refractivity (Wildman–Crippen MR) is 201 cm³/mol. The Labute approximate surface area is 308 Å². The number of amides is 1. The van der Waals surface area contributed by atoms with Crippen molar-refractivity contribution in [3.05, 3.63) is 113 Å². The molecule has 0 unspecified atom stereocenters. The van der Waals surface area contributed by atoms with Crippen LogP contribution in [0.5, 0.6) is 0 Å². The van der Waals surface area contributed by atoms with Crippen LogP contribution < -0.4 is 4.90 Å². The SMILES string of the molecule is COC(=O)c1c(C(=O)O)ccc(C)c1C(=O)O.O=C(C1CCN(c2ccncc2)CC1)N1CCN(S(=O)(=O)CC=Cc2ccc3ccccc3c2)CC1. The molecule has 53 heavy (non-hydrogen) atoms. The third-order valence-corrected chi connectivity index (χ3v) is 11.2. The average molecular weight is 743 g/mol. The Morgan fingerprint density at radius 3 is 2.11 bits per heavy atom. The third-order valence-electron chi connectivity index (χ3n) is 9.45. The van der Waals surface area contributed by atoms with Crippen LogP contribution in [0.15, 0.2) is 85.2 Å². The summed E-state index contributed by atoms with van der Waals surface area (Å²) in [6.45, 7) is 4.79. The van der Waals surface area contributed by atoms with E-state index in [0.717, 1.165) is 55.1 Å². The van der Waals surface area contributed by atoms with E-state index in [1.165, 1.54) is 23.4 Å². The Hall–Kier alpha value is -5.60. The van der Waals surface area contributed by atoms with Gasteiger partial charge in [-0.1, -0.05) is 54.6 Å². The van der Waals surface area contributed by atoms with Crippen molar-refractivity contribution in [3.8, 4) is 0 Å². The van der Waals surface area contributed by atoms with E-state index < -0.39 is 33.5 Å². The Morgan fingerprint density at radius 2 is 1.49 bits per heavy atom. The molecule has 0 radical (unpaired) electrons. The number of carbonyl (C=O) groups is 4. The molecule has 0 saturated carbocycles. The van der Waals surface area contributed by atoms with Gasteiger partial charge in [0.25, 0.3) is 0 Å². The van der Waals surface area contributed by atoms with Crippen molar-refractivity contribution >= 4 is 56.4 Å². The molecule has 3 heterocycles. The molecule has 2 fully saturated rings. The summed E-state index contributed by atoms with van der Waals surface area (Å²) in [6, 6.07) is 20.7. The minimum absolute atomic E-state index is 0.0103. The van der Waals surface area contributed by atoms with E-state index in [1.807, 2.05) is 47.4 Å². The third kappa shape index (κ3) is 9.45. The number of benzene rings is 3. The molecule has 4 aromatic rings. The molecule has 2 aliphatic rings. The van der Waals surface area contributed by atoms with Crippen LogP contribution in [-0.4, -0.2) is 109 Å². The number of sulfonamides is 1. The lowest BCUT2D eigenvalue weighted by Gasteiger charge is -2.38. The maximum Gasteiger partial charge on any atom is 0.339 e. The Morgan fingerprint density at radius 1 is 0.830 bits per heavy atom. The van der Waals surface area contributed by atoms with Crippen molar-refractivity contribution < 1.29 is 42.5 Å². The van der Waals surface area contributed by atoms with Crippen LogP contribution in [0.2, 0.25) is 0 Å². The van der Waals surface area contributed by atoms with E-state index >= 15 is 0 Å². The van der Waals surface area contributed by atoms with Crippen LogP contribution in [0.1, 0.15) is 55.0 Å². The molecular weight excluding hydrogens is 701 g/mol. The molecule has 2 saturated heterocycles. The van der Waals surface area contributed by atoms with Crippen LogP contribution in [0.4, 0.5) is 5.69 Å². The fraction of sp³-hybridized carbons (Fsp3) is 0.308. The van der Waals surface area contributed by atoms with Gasteiger partial charge in [-0.3, -0.25) is 9.78 Å². The highest BCUT2D eigenvalue weighted by Gasteiger charge is 2.33. The number of carboxylic acids is 2. The number of ether oxygens (including phenoxy) is 1. The van der Waals surface area contributed by atoms with Crippen LogP contribution in [0, 0.1) is 12.8 Å². The molecule has 278 valence electrons. The first-order valence-electron chi connectivity index (χ1n) is 17.1. The number of methoxy groups -OCH3 is 1. The van der Waals surface area contributed by atoms with Gasteiger partial charge in [0.15, 0.2) is 0 Å². The number of rotatable bonds is 9. The van der Waals surface area contributed by atoms with Crippen molar-refractivity contribution in [1.82, 2.24) is 14.2 Å². The zero-order chi connectivity index (χ0) is 38.1. The number of pyridine rings is 1. The summed E-state index contributed by atoms with van der Waals surface area (Å²) >= 11 is 0. The Balaban J connectivity index is 0.000000268. The van der Waals surface area contributed by atoms with Crippen molar-refractivity contribution in [1.29, 1.82) is 0 Å². The van der Waals surface area contributed by atoms with Crippen molar-refractivity contribution in [2.45, 2.75) is 19.8 Å². The van der Waals surface area contributed by atoms with Gasteiger partial charge in [-0.15, -0.1) is 0 Å². The zero-order valence-electron chi connectivity index (χ0n) is 29.6. The summed E-state index contributed by atoms with van der Waals surface area (Å²) in [5.74, 6) is -3.60. The number of hydrogen-bond donors (Lipinski definition) is 2. The Kier molecular flexibility index (Phi) is 12.6. The minimum atomic E-state index is -3.41. The number of piperidine rings is 1. The van der Waals surface area contributed by atoms with Crippen LogP contribution in [0.25, 0.3) is 16.8 Å². The molecule has 6 rings (SSSR count). The quantitative estimate of drug-likeness (QED) is 0.225. The highest BCUT2D eigenvalue weighted by molar-refractivity contribution is 7.89. The first-order chi connectivity index (χ1) is 25.4. The number of nitrogens with zero attached hydrogens (tertiary/aromatic N) is 4. The number of esters is 1. The van der Waals surface area contributed by atoms with Gasteiger partial charge in [0.2, 0.25) is 15.9 Å². The summed E-state index contributed by atoms with van der Waals surface area (Å²) in [7, 11) is -2.35. The van der Waals surface area contributed by atoms with E-state index in [4.69, 9.17) is 10.2 Å². The van der Waals surface area contributed by atoms with Gasteiger partial charge in [-0.2, -0.15) is 4.31 Å². The van der Waals surface area contributed by atoms with E-state index in [0.29, 0.717) is 31.7 Å². The summed E-state index contributed by atoms with van der Waals surface area (Å²) in [5, 5.41) is 20.2. The summed E-state index contributed by atoms with van der Waals surface area (Å²) in [6.07, 6.45) is 8.80. The molecule has 1 amide bonds. The molecule has 2 aliphatic heterocycles. The molecular formula is C39H42N4O9S. The van der Waals surface area contributed by atoms with Gasteiger partial charge in [0.05, 0.1) is 29.6 Å². The number of carbonyl (C=O) groups excluding carboxylic acids is 2. The second kappa shape index (κ2) is 17.3. The molecule has 0 spiro atoms. The lowest BCUT2D eigenvalue weighted by molar-refractivity contribution is -0.137. The Bertz CT molecular complexity index is 2110. The lowest BCUT2D eigenvalue weighted by atomic mass is 9.94. The fourth-order valence-corrected chi connectivity index (χ4v) is 7.85. The fourth-order valence-electron chi connectivity index (χ4n) is 6.58. The summed E-state index contributed by atoms with van der Waals surface area (Å²) in [5.41, 5.74) is 1.24. The molecule has 2 N–H and O–H groups in total. The number of anilines is 1. The number of aromatic nitrogens is 1. The number of aromatic carboxylic acids is 2. The monoisotopic (exact) mass is 742 g/mol. The molecule has 0 bridgehead atoms. The lowest BCUT2D eigenvalue weighted by Crippen LogP contribution is -2.53. The standard InChI is InChI=1S/C28H32N4O3S.C11H10O6/c33-28(25-11-15-30(16-12-25)27-9-13-29-14-10-27)31-17-19-32(20-18-31)36(34,35)21-3-4-23-7-8-24-5-1-2-6-26(24)22-23;1-5-3-4-6(9(12)13)8(11(16)17-2)7(5)10(14)15/h1-10,13-14,22,25H,11-12,15-21H2;3-4H,1-2H3,(H,12,13)(H,14,15). The minimum Gasteiger partial charge on any atom is -0.478 e. The number of aryl methyl sites for hydroxylation is 1. The topological polar surface area (TPSA) is 175 Å². The van der Waals surface area contributed by atoms with Gasteiger partial charge >= 0.3 is 17.9 Å². The first-order valence-corrected chi connectivity index (χ1v) is 18.8. The van der Waals surface area contributed by atoms with Crippen LogP contribution in [-0.2, 0) is 19.6 Å². The van der Waals surface area contributed by atoms with E-state index in [-0.39, 0.29) is 28.7 Å². The van der Waals surface area contributed by atoms with E-state index in [2.05, 4.69) is 32.8 Å². The molecule has 0 atom stereocenters. The number of fused-ring (bicyclic) bond motifs is 1. The molecule has 14 heteroatoms. The van der Waals surface area contributed by atoms with Crippen LogP contribution in [0.3, 0.4) is 0 Å². The highest BCUT2D eigenvalue weighted by atomic mass is 32.2. The van der Waals surface area contributed by atoms with Gasteiger partial charge < -0.3 is 24.7 Å². The molecule has 13 nitrogen and oxygen atoms in total. The van der Waals surface area contributed by atoms with E-state index in [9.17, 15) is 27.6 Å².